The van der Waals surface area contributed by atoms with Crippen molar-refractivity contribution in [3.63, 3.8) is 0 Å². The van der Waals surface area contributed by atoms with Gasteiger partial charge in [0.05, 0.1) is 0 Å². The van der Waals surface area contributed by atoms with Gasteiger partial charge in [0.15, 0.2) is 0 Å². The maximum atomic E-state index is 4.39. The van der Waals surface area contributed by atoms with Crippen molar-refractivity contribution >= 4 is 28.0 Å². The molecule has 5 rings (SSSR count). The van der Waals surface area contributed by atoms with Crippen LogP contribution >= 0.6 is 0 Å². The van der Waals surface area contributed by atoms with Crippen LogP contribution in [0, 0.1) is 13.8 Å². The number of aryl methyl sites for hydroxylation is 2. The van der Waals surface area contributed by atoms with Crippen molar-refractivity contribution in [2.75, 3.05) is 0 Å². The zero-order valence-corrected chi connectivity index (χ0v) is 12.9. The number of hydrogen-bond donors (Lipinski definition) is 2. The molecule has 23 heavy (non-hydrogen) atoms. The topological polar surface area (TPSA) is 69.7 Å². The molecule has 112 valence electrons. The predicted octanol–water partition coefficient (Wildman–Crippen LogP) is 3.85. The van der Waals surface area contributed by atoms with Gasteiger partial charge in [-0.05, 0) is 37.1 Å². The molecule has 2 aromatic carbocycles. The van der Waals surface area contributed by atoms with E-state index in [1.807, 2.05) is 6.21 Å². The fourth-order valence-electron chi connectivity index (χ4n) is 3.43. The molecule has 1 aliphatic heterocycles. The molecule has 0 spiro atoms. The van der Waals surface area contributed by atoms with Gasteiger partial charge in [-0.2, -0.15) is 15.4 Å². The average molecular weight is 301 g/mol. The van der Waals surface area contributed by atoms with Crippen molar-refractivity contribution in [1.82, 2.24) is 20.4 Å². The third-order valence-electron chi connectivity index (χ3n) is 4.65. The summed E-state index contributed by atoms with van der Waals surface area (Å²) in [5.41, 5.74) is 7.73. The summed E-state index contributed by atoms with van der Waals surface area (Å²) in [7, 11) is 0. The van der Waals surface area contributed by atoms with Gasteiger partial charge >= 0.3 is 0 Å². The number of rotatable bonds is 2. The van der Waals surface area contributed by atoms with E-state index in [-0.39, 0.29) is 6.04 Å². The lowest BCUT2D eigenvalue weighted by atomic mass is 9.95. The first-order valence-electron chi connectivity index (χ1n) is 7.69. The van der Waals surface area contributed by atoms with E-state index in [4.69, 9.17) is 0 Å². The van der Waals surface area contributed by atoms with Crippen LogP contribution in [0.15, 0.2) is 35.3 Å². The molecule has 1 atom stereocenters. The van der Waals surface area contributed by atoms with Gasteiger partial charge in [0.1, 0.15) is 17.4 Å². The van der Waals surface area contributed by atoms with Crippen LogP contribution in [0.1, 0.15) is 22.9 Å². The Hall–Kier alpha value is -2.95. The predicted molar refractivity (Wildman–Crippen MR) is 91.9 cm³/mol. The molecule has 1 aliphatic rings. The number of aliphatic imine (C=N–C) groups is 1. The van der Waals surface area contributed by atoms with Crippen LogP contribution in [0.4, 0.5) is 0 Å². The fraction of sp³-hybridized carbons (Fsp3) is 0.167. The number of aromatic amines is 2. The molecule has 2 N–H and O–H groups in total. The average Bonchev–Trinajstić information content (AvgIpc) is 3.15. The summed E-state index contributed by atoms with van der Waals surface area (Å²) >= 11 is 0. The zero-order chi connectivity index (χ0) is 15.6. The maximum absolute atomic E-state index is 4.39. The highest BCUT2D eigenvalue weighted by Crippen LogP contribution is 2.38. The van der Waals surface area contributed by atoms with Crippen molar-refractivity contribution in [1.29, 1.82) is 0 Å². The van der Waals surface area contributed by atoms with Gasteiger partial charge in [0.2, 0.25) is 0 Å². The summed E-state index contributed by atoms with van der Waals surface area (Å²) in [6, 6.07) is 10.7. The standard InChI is InChI=1S/C18H15N5/c1-9-7-12(17-18(14-8-19-14)22-23-21-17)10(2)15-11-5-3-4-6-13(11)20-16(9)15/h3-8,14,20H,1-2H3,(H,21,22,23). The molecule has 0 saturated carbocycles. The Balaban J connectivity index is 1.87. The zero-order valence-electron chi connectivity index (χ0n) is 12.9. The largest absolute Gasteiger partial charge is 0.354 e. The number of fused-ring (bicyclic) bond motifs is 3. The Kier molecular flexibility index (Phi) is 2.34. The van der Waals surface area contributed by atoms with Crippen LogP contribution in [0.25, 0.3) is 33.1 Å². The summed E-state index contributed by atoms with van der Waals surface area (Å²) < 4.78 is 0. The molecule has 0 aliphatic carbocycles. The van der Waals surface area contributed by atoms with E-state index in [0.717, 1.165) is 22.5 Å². The second kappa shape index (κ2) is 4.29. The number of hydrogen-bond acceptors (Lipinski definition) is 3. The molecule has 5 heteroatoms. The minimum absolute atomic E-state index is 0.0853. The van der Waals surface area contributed by atoms with Crippen molar-refractivity contribution in [2.45, 2.75) is 19.9 Å². The first-order chi connectivity index (χ1) is 11.2. The van der Waals surface area contributed by atoms with Crippen molar-refractivity contribution < 1.29 is 0 Å². The van der Waals surface area contributed by atoms with Crippen molar-refractivity contribution in [3.8, 4) is 11.3 Å². The van der Waals surface area contributed by atoms with E-state index in [1.165, 1.54) is 27.4 Å². The van der Waals surface area contributed by atoms with Crippen LogP contribution in [0.3, 0.4) is 0 Å². The summed E-state index contributed by atoms with van der Waals surface area (Å²) in [6.07, 6.45) is 1.90. The van der Waals surface area contributed by atoms with Crippen molar-refractivity contribution in [2.24, 2.45) is 4.99 Å². The molecular weight excluding hydrogens is 286 g/mol. The lowest BCUT2D eigenvalue weighted by Crippen LogP contribution is -1.93. The summed E-state index contributed by atoms with van der Waals surface area (Å²) in [4.78, 5) is 7.77. The molecule has 0 fully saturated rings. The van der Waals surface area contributed by atoms with Crippen LogP contribution in [0.2, 0.25) is 0 Å². The van der Waals surface area contributed by atoms with Gasteiger partial charge in [-0.1, -0.05) is 18.2 Å². The van der Waals surface area contributed by atoms with E-state index in [9.17, 15) is 0 Å². The van der Waals surface area contributed by atoms with Gasteiger partial charge in [-0.25, -0.2) is 0 Å². The van der Waals surface area contributed by atoms with Gasteiger partial charge in [0, 0.05) is 33.6 Å². The molecule has 2 aromatic heterocycles. The number of aromatic nitrogens is 4. The SMILES string of the molecule is Cc1cc(-c2n[nH]nc2C2C=N2)c(C)c2c1[nH]c1ccccc12. The summed E-state index contributed by atoms with van der Waals surface area (Å²) in [6.45, 7) is 4.29. The summed E-state index contributed by atoms with van der Waals surface area (Å²) in [5.74, 6) is 0. The van der Waals surface area contributed by atoms with Gasteiger partial charge < -0.3 is 4.98 Å². The molecule has 4 aromatic rings. The van der Waals surface area contributed by atoms with Crippen LogP contribution in [0.5, 0.6) is 0 Å². The minimum Gasteiger partial charge on any atom is -0.354 e. The minimum atomic E-state index is 0.0853. The third kappa shape index (κ3) is 1.70. The molecule has 0 radical (unpaired) electrons. The molecule has 1 unspecified atom stereocenters. The van der Waals surface area contributed by atoms with Crippen molar-refractivity contribution in [3.05, 3.63) is 47.2 Å². The fourth-order valence-corrected chi connectivity index (χ4v) is 3.43. The van der Waals surface area contributed by atoms with E-state index in [1.54, 1.807) is 0 Å². The second-order valence-corrected chi connectivity index (χ2v) is 6.09. The third-order valence-corrected chi connectivity index (χ3v) is 4.65. The smallest absolute Gasteiger partial charge is 0.130 e. The number of H-pyrrole nitrogens is 2. The van der Waals surface area contributed by atoms with Crippen LogP contribution in [-0.2, 0) is 0 Å². The highest BCUT2D eigenvalue weighted by Gasteiger charge is 2.26. The van der Waals surface area contributed by atoms with E-state index in [0.29, 0.717) is 0 Å². The molecule has 0 amide bonds. The van der Waals surface area contributed by atoms with Gasteiger partial charge in [-0.15, -0.1) is 0 Å². The molecule has 0 saturated heterocycles. The second-order valence-electron chi connectivity index (χ2n) is 6.09. The quantitative estimate of drug-likeness (QED) is 0.590. The first kappa shape index (κ1) is 12.6. The highest BCUT2D eigenvalue weighted by molar-refractivity contribution is 6.11. The monoisotopic (exact) mass is 301 g/mol. The molecule has 5 nitrogen and oxygen atoms in total. The highest BCUT2D eigenvalue weighted by atomic mass is 15.3. The maximum Gasteiger partial charge on any atom is 0.130 e. The van der Waals surface area contributed by atoms with Crippen LogP contribution in [-0.4, -0.2) is 26.6 Å². The van der Waals surface area contributed by atoms with E-state index < -0.39 is 0 Å². The molecule has 3 heterocycles. The van der Waals surface area contributed by atoms with E-state index >= 15 is 0 Å². The number of para-hydroxylation sites is 1. The lowest BCUT2D eigenvalue weighted by molar-refractivity contribution is 0.907. The van der Waals surface area contributed by atoms with Crippen LogP contribution < -0.4 is 0 Å². The Morgan fingerprint density at radius 3 is 2.74 bits per heavy atom. The number of benzene rings is 2. The number of nitrogens with one attached hydrogen (secondary N) is 2. The Bertz CT molecular complexity index is 1090. The normalized spacial score (nSPS) is 16.5. The molecule has 0 bridgehead atoms. The Morgan fingerprint density at radius 1 is 1.09 bits per heavy atom. The van der Waals surface area contributed by atoms with Gasteiger partial charge in [0.25, 0.3) is 0 Å². The Labute approximate surface area is 132 Å². The van der Waals surface area contributed by atoms with E-state index in [2.05, 4.69) is 69.6 Å². The first-order valence-corrected chi connectivity index (χ1v) is 7.69. The molecular formula is C18H15N5. The number of nitrogens with zero attached hydrogens (tertiary/aromatic N) is 3. The lowest BCUT2D eigenvalue weighted by Gasteiger charge is -2.09. The van der Waals surface area contributed by atoms with Gasteiger partial charge in [-0.3, -0.25) is 4.99 Å². The summed E-state index contributed by atoms with van der Waals surface area (Å²) in [5, 5.41) is 14.0. The Morgan fingerprint density at radius 2 is 1.91 bits per heavy atom.